The smallest absolute Gasteiger partial charge is 0.457 e. The van der Waals surface area contributed by atoms with Gasteiger partial charge in [0.05, 0.1) is 34.4 Å². The second kappa shape index (κ2) is 40.5. The maximum Gasteiger partial charge on any atom is 0.472 e. The Morgan fingerprint density at radius 3 is 1.46 bits per heavy atom. The first kappa shape index (κ1) is 54.7. The lowest BCUT2D eigenvalue weighted by Crippen LogP contribution is -2.37. The van der Waals surface area contributed by atoms with Crippen molar-refractivity contribution in [3.05, 3.63) is 36.5 Å². The molecule has 0 fully saturated rings. The number of phosphoric acid groups is 1. The van der Waals surface area contributed by atoms with Crippen LogP contribution in [0.2, 0.25) is 0 Å². The molecule has 0 aliphatic heterocycles. The lowest BCUT2D eigenvalue weighted by atomic mass is 10.0. The highest BCUT2D eigenvalue weighted by atomic mass is 31.2. The third-order valence-electron chi connectivity index (χ3n) is 9.95. The van der Waals surface area contributed by atoms with Gasteiger partial charge in [0, 0.05) is 13.0 Å². The second-order valence-corrected chi connectivity index (χ2v) is 18.2. The van der Waals surface area contributed by atoms with Crippen LogP contribution in [0.5, 0.6) is 0 Å². The zero-order valence-corrected chi connectivity index (χ0v) is 38.3. The average Bonchev–Trinajstić information content (AvgIpc) is 3.15. The van der Waals surface area contributed by atoms with Crippen LogP contribution in [0.25, 0.3) is 0 Å². The van der Waals surface area contributed by atoms with E-state index < -0.39 is 13.9 Å². The number of carbonyl (C=O) groups is 1. The second-order valence-electron chi connectivity index (χ2n) is 16.8. The van der Waals surface area contributed by atoms with Gasteiger partial charge in [0.2, 0.25) is 0 Å². The summed E-state index contributed by atoms with van der Waals surface area (Å²) in [6.07, 6.45) is 47.5. The van der Waals surface area contributed by atoms with Crippen LogP contribution in [-0.2, 0) is 27.9 Å². The molecule has 0 heterocycles. The number of hydrogen-bond acceptors (Lipinski definition) is 6. The molecule has 0 bridgehead atoms. The molecular formula is C47H91NO7P+. The summed E-state index contributed by atoms with van der Waals surface area (Å²) in [5.41, 5.74) is 0. The van der Waals surface area contributed by atoms with Crippen LogP contribution in [0.3, 0.4) is 0 Å². The van der Waals surface area contributed by atoms with Crippen molar-refractivity contribution < 1.29 is 37.3 Å². The Bertz CT molecular complexity index is 994. The standard InChI is InChI=1S/C47H90NO7P/c1-6-8-10-12-14-16-18-20-21-22-23-24-25-26-27-28-29-31-33-35-37-39-42-52-44-46(45-54-56(50,51)53-43-41-48(3,4)5)55-47(49)40-38-36-34-32-30-19-17-15-13-11-9-7-2/h18,20,22-23,25-26,46H,6-17,19,21,24,27-45H2,1-5H3/p+1/b20-18-,23-22-,26-25-. The summed E-state index contributed by atoms with van der Waals surface area (Å²) in [5.74, 6) is -0.317. The fourth-order valence-electron chi connectivity index (χ4n) is 6.32. The van der Waals surface area contributed by atoms with Crippen molar-refractivity contribution in [2.75, 3.05) is 54.1 Å². The molecule has 0 radical (unpaired) electrons. The molecule has 0 amide bonds. The Labute approximate surface area is 346 Å². The monoisotopic (exact) mass is 813 g/mol. The predicted molar refractivity (Wildman–Crippen MR) is 238 cm³/mol. The number of ether oxygens (including phenoxy) is 2. The van der Waals surface area contributed by atoms with E-state index in [2.05, 4.69) is 50.3 Å². The molecule has 1 N–H and O–H groups in total. The molecule has 56 heavy (non-hydrogen) atoms. The Morgan fingerprint density at radius 2 is 0.982 bits per heavy atom. The van der Waals surface area contributed by atoms with E-state index in [4.69, 9.17) is 18.5 Å². The molecule has 0 saturated carbocycles. The number of unbranched alkanes of at least 4 members (excludes halogenated alkanes) is 23. The highest BCUT2D eigenvalue weighted by Gasteiger charge is 2.26. The number of likely N-dealkylation sites (N-methyl/N-ethyl adjacent to an activating group) is 1. The number of rotatable bonds is 43. The predicted octanol–water partition coefficient (Wildman–Crippen LogP) is 13.8. The molecule has 0 saturated heterocycles. The summed E-state index contributed by atoms with van der Waals surface area (Å²) in [6.45, 7) is 5.60. The summed E-state index contributed by atoms with van der Waals surface area (Å²) >= 11 is 0. The molecule has 0 aromatic carbocycles. The Balaban J connectivity index is 4.17. The number of phosphoric ester groups is 1. The Kier molecular flexibility index (Phi) is 39.6. The van der Waals surface area contributed by atoms with Crippen LogP contribution in [-0.4, -0.2) is 75.6 Å². The van der Waals surface area contributed by atoms with E-state index in [9.17, 15) is 14.3 Å². The average molecular weight is 813 g/mol. The fraction of sp³-hybridized carbons (Fsp3) is 0.851. The van der Waals surface area contributed by atoms with Crippen LogP contribution in [0.15, 0.2) is 36.5 Å². The van der Waals surface area contributed by atoms with Gasteiger partial charge in [-0.1, -0.05) is 179 Å². The molecule has 0 spiro atoms. The lowest BCUT2D eigenvalue weighted by Gasteiger charge is -2.24. The van der Waals surface area contributed by atoms with E-state index in [1.807, 2.05) is 21.1 Å². The Morgan fingerprint density at radius 1 is 0.554 bits per heavy atom. The molecule has 0 aromatic heterocycles. The first-order valence-electron chi connectivity index (χ1n) is 23.2. The summed E-state index contributed by atoms with van der Waals surface area (Å²) in [7, 11) is 1.66. The molecule has 0 rings (SSSR count). The number of nitrogens with zero attached hydrogens (tertiary/aromatic N) is 1. The van der Waals surface area contributed by atoms with Gasteiger partial charge in [0.15, 0.2) is 0 Å². The van der Waals surface area contributed by atoms with Gasteiger partial charge in [-0.2, -0.15) is 0 Å². The molecule has 0 aliphatic carbocycles. The van der Waals surface area contributed by atoms with Gasteiger partial charge >= 0.3 is 13.8 Å². The summed E-state index contributed by atoms with van der Waals surface area (Å²) in [6, 6.07) is 0. The summed E-state index contributed by atoms with van der Waals surface area (Å²) < 4.78 is 35.0. The number of hydrogen-bond donors (Lipinski definition) is 1. The quantitative estimate of drug-likeness (QED) is 0.0215. The van der Waals surface area contributed by atoms with Crippen molar-refractivity contribution in [3.63, 3.8) is 0 Å². The van der Waals surface area contributed by atoms with E-state index in [0.717, 1.165) is 51.4 Å². The number of esters is 1. The number of carbonyl (C=O) groups excluding carboxylic acids is 1. The van der Waals surface area contributed by atoms with Gasteiger partial charge in [-0.25, -0.2) is 4.57 Å². The molecule has 9 heteroatoms. The van der Waals surface area contributed by atoms with Crippen molar-refractivity contribution >= 4 is 13.8 Å². The van der Waals surface area contributed by atoms with Gasteiger partial charge in [0.1, 0.15) is 19.3 Å². The molecule has 0 aromatic rings. The molecule has 330 valence electrons. The first-order valence-corrected chi connectivity index (χ1v) is 24.7. The van der Waals surface area contributed by atoms with Crippen LogP contribution in [0.4, 0.5) is 0 Å². The first-order chi connectivity index (χ1) is 27.1. The fourth-order valence-corrected chi connectivity index (χ4v) is 7.07. The Hall–Kier alpha value is -1.28. The van der Waals surface area contributed by atoms with E-state index in [-0.39, 0.29) is 25.8 Å². The van der Waals surface area contributed by atoms with Crippen molar-refractivity contribution in [1.82, 2.24) is 0 Å². The largest absolute Gasteiger partial charge is 0.472 e. The van der Waals surface area contributed by atoms with Crippen LogP contribution in [0, 0.1) is 0 Å². The lowest BCUT2D eigenvalue weighted by molar-refractivity contribution is -0.870. The molecule has 0 aliphatic rings. The highest BCUT2D eigenvalue weighted by molar-refractivity contribution is 7.47. The van der Waals surface area contributed by atoms with Gasteiger partial charge in [-0.3, -0.25) is 13.8 Å². The molecule has 2 atom stereocenters. The molecule has 2 unspecified atom stereocenters. The zero-order valence-electron chi connectivity index (χ0n) is 37.4. The summed E-state index contributed by atoms with van der Waals surface area (Å²) in [4.78, 5) is 22.9. The minimum Gasteiger partial charge on any atom is -0.457 e. The third kappa shape index (κ3) is 43.8. The molecular weight excluding hydrogens is 721 g/mol. The van der Waals surface area contributed by atoms with Gasteiger partial charge in [-0.05, 0) is 51.4 Å². The topological polar surface area (TPSA) is 91.3 Å². The maximum absolute atomic E-state index is 12.7. The highest BCUT2D eigenvalue weighted by Crippen LogP contribution is 2.43. The van der Waals surface area contributed by atoms with E-state index in [1.54, 1.807) is 0 Å². The van der Waals surface area contributed by atoms with E-state index in [0.29, 0.717) is 24.1 Å². The van der Waals surface area contributed by atoms with Gasteiger partial charge in [0.25, 0.3) is 0 Å². The molecule has 8 nitrogen and oxygen atoms in total. The van der Waals surface area contributed by atoms with Crippen molar-refractivity contribution in [3.8, 4) is 0 Å². The maximum atomic E-state index is 12.7. The minimum atomic E-state index is -4.27. The van der Waals surface area contributed by atoms with Crippen LogP contribution >= 0.6 is 7.82 Å². The third-order valence-corrected chi connectivity index (χ3v) is 10.9. The summed E-state index contributed by atoms with van der Waals surface area (Å²) in [5, 5.41) is 0. The normalized spacial score (nSPS) is 14.0. The minimum absolute atomic E-state index is 0.0872. The SMILES string of the molecule is CCCCCCC/C=C\C/C=C\C/C=C\CCCCCCCCCOCC(COP(=O)(O)OCC[N+](C)(C)C)OC(=O)CCCCCCCCCCCCCC. The van der Waals surface area contributed by atoms with Crippen molar-refractivity contribution in [2.45, 2.75) is 206 Å². The number of quaternary nitrogens is 1. The van der Waals surface area contributed by atoms with Gasteiger partial charge < -0.3 is 18.9 Å². The van der Waals surface area contributed by atoms with Crippen LogP contribution < -0.4 is 0 Å². The zero-order chi connectivity index (χ0) is 41.3. The number of allylic oxidation sites excluding steroid dienone is 6. The van der Waals surface area contributed by atoms with Crippen molar-refractivity contribution in [1.29, 1.82) is 0 Å². The van der Waals surface area contributed by atoms with E-state index in [1.165, 1.54) is 128 Å². The van der Waals surface area contributed by atoms with Crippen molar-refractivity contribution in [2.24, 2.45) is 0 Å². The van der Waals surface area contributed by atoms with E-state index >= 15 is 0 Å². The van der Waals surface area contributed by atoms with Crippen LogP contribution in [0.1, 0.15) is 200 Å². The van der Waals surface area contributed by atoms with Gasteiger partial charge in [-0.15, -0.1) is 0 Å².